The Kier molecular flexibility index (Phi) is 30.9. The number of hydrogen-bond acceptors (Lipinski definition) is 14. The zero-order valence-electron chi connectivity index (χ0n) is 79.4. The molecule has 0 aliphatic heterocycles. The Labute approximate surface area is 859 Å². The number of benzene rings is 17. The van der Waals surface area contributed by atoms with Gasteiger partial charge in [0.2, 0.25) is 0 Å². The van der Waals surface area contributed by atoms with Crippen LogP contribution in [0.15, 0.2) is 443 Å². The molecule has 0 atom stereocenters. The largest absolute Gasteiger partial charge is 0.763 e. The minimum atomic E-state index is -3.09. The van der Waals surface area contributed by atoms with Crippen LogP contribution < -0.4 is 65.6 Å². The lowest BCUT2D eigenvalue weighted by molar-refractivity contribution is 0.419. The number of aromatic nitrogens is 5. The van der Waals surface area contributed by atoms with Crippen molar-refractivity contribution in [3.63, 3.8) is 0 Å². The quantitative estimate of drug-likeness (QED) is 0.0273. The summed E-state index contributed by atoms with van der Waals surface area (Å²) in [6.07, 6.45) is 0. The normalized spacial score (nSPS) is 11.4. The Morgan fingerprint density at radius 3 is 0.773 bits per heavy atom. The third kappa shape index (κ3) is 21.4. The second-order valence-electron chi connectivity index (χ2n) is 34.7. The average molecular weight is 1960 g/mol. The van der Waals surface area contributed by atoms with Crippen molar-refractivity contribution in [2.45, 2.75) is 55.4 Å². The molecule has 22 aromatic rings. The molecule has 5 aromatic heterocycles. The van der Waals surface area contributed by atoms with Gasteiger partial charge in [-0.05, 0) is 212 Å². The SMILES string of the molecule is Cc1ccc2cccc([O][Al][O][Al][O]c3cccc4ccc(C)nc34)c2n1.Cc1ccc2cccc([O][Al][O][Si](c3ccccc3)(c3cccc4ccccc34)c3cccc4ccccc34)c2n1.Cc1ccc2cccc([O][Al][O][Si](c3ccccc3)(c3ccccc3)c3ccc4ccccc4c3)c2n1.Cc1ccc2cccc([O][Al][O][Si](c3ccccc3C)(c3ccccc3C)c3ccccc3C)c2n1. The molecule has 0 aliphatic carbocycles. The lowest BCUT2D eigenvalue weighted by atomic mass is 10.1. The predicted octanol–water partition coefficient (Wildman–Crippen LogP) is 20.7. The number of rotatable bonds is 27. The predicted molar refractivity (Wildman–Crippen MR) is 587 cm³/mol. The molecule has 141 heavy (non-hydrogen) atoms. The van der Waals surface area contributed by atoms with Gasteiger partial charge in [-0.1, -0.05) is 382 Å². The Hall–Kier alpha value is -13.3. The molecule has 0 saturated heterocycles. The van der Waals surface area contributed by atoms with Crippen LogP contribution in [0.1, 0.15) is 45.2 Å². The van der Waals surface area contributed by atoms with Crippen LogP contribution in [-0.2, 0) is 13.3 Å². The Morgan fingerprint density at radius 2 is 0.426 bits per heavy atom. The van der Waals surface area contributed by atoms with Gasteiger partial charge in [-0.3, -0.25) is 0 Å². The van der Waals surface area contributed by atoms with Gasteiger partial charge in [-0.15, -0.1) is 0 Å². The van der Waals surface area contributed by atoms with E-state index >= 15 is 0 Å². The summed E-state index contributed by atoms with van der Waals surface area (Å²) >= 11 is -3.90. The number of aryl methyl sites for hydroxylation is 8. The van der Waals surface area contributed by atoms with E-state index in [0.29, 0.717) is 0 Å². The number of pyridine rings is 5. The average Bonchev–Trinajstić information content (AvgIpc) is 0.722. The number of fused-ring (bicyclic) bond motifs is 8. The van der Waals surface area contributed by atoms with Crippen LogP contribution in [0.4, 0.5) is 0 Å². The molecule has 17 aromatic carbocycles. The number of para-hydroxylation sites is 5. The number of nitrogens with zero attached hydrogens (tertiary/aromatic N) is 5. The van der Waals surface area contributed by atoms with Gasteiger partial charge in [0.25, 0.3) is 25.0 Å². The maximum absolute atomic E-state index is 7.36. The molecule has 5 radical (unpaired) electrons. The molecule has 679 valence electrons. The van der Waals surface area contributed by atoms with E-state index in [2.05, 4.69) is 358 Å². The van der Waals surface area contributed by atoms with Crippen LogP contribution in [0.3, 0.4) is 0 Å². The van der Waals surface area contributed by atoms with E-state index in [-0.39, 0.29) is 0 Å². The van der Waals surface area contributed by atoms with Gasteiger partial charge in [0, 0.05) is 55.4 Å². The van der Waals surface area contributed by atoms with Crippen molar-refractivity contribution in [2.75, 3.05) is 0 Å². The van der Waals surface area contributed by atoms with Gasteiger partial charge in [0.05, 0.1) is 0 Å². The van der Waals surface area contributed by atoms with E-state index < -0.39 is 104 Å². The van der Waals surface area contributed by atoms with Gasteiger partial charge in [0.1, 0.15) is 56.3 Å². The smallest absolute Gasteiger partial charge is 0.626 e. The fraction of sp³-hybridized carbons (Fsp3) is 0.0672. The first-order valence-corrected chi connectivity index (χ1v) is 57.4. The minimum Gasteiger partial charge on any atom is -0.626 e. The molecule has 0 bridgehead atoms. The first-order chi connectivity index (χ1) is 69.2. The molecule has 22 heteroatoms. The van der Waals surface area contributed by atoms with Crippen LogP contribution >= 0.6 is 0 Å². The third-order valence-corrected chi connectivity index (χ3v) is 44.3. The molecular formula is C119H97Al5N5O9Si3. The van der Waals surface area contributed by atoms with Crippen molar-refractivity contribution in [1.82, 2.24) is 24.9 Å². The van der Waals surface area contributed by atoms with E-state index in [4.69, 9.17) is 47.2 Å². The molecule has 22 rings (SSSR count). The van der Waals surface area contributed by atoms with E-state index in [1.807, 2.05) is 150 Å². The third-order valence-electron chi connectivity index (χ3n) is 25.4. The van der Waals surface area contributed by atoms with Crippen LogP contribution in [0.5, 0.6) is 28.7 Å². The Morgan fingerprint density at radius 1 is 0.177 bits per heavy atom. The monoisotopic (exact) mass is 1960 g/mol. The minimum absolute atomic E-state index is 0.682. The molecule has 0 saturated carbocycles. The highest BCUT2D eigenvalue weighted by Crippen LogP contribution is 2.32. The maximum atomic E-state index is 7.36. The standard InChI is InChI=1S/C26H19OSi.C22H17OSi.C21H21OSi.5C10H9NO.5Al.O/c27-28(22-14-2-1-3-15-22,25-18-8-12-20-10-4-6-16-23(20)25)26-19-9-13-21-11-5-7-17-24(21)26;23-24(20-11-3-1-4-12-20,21-13-5-2-6-14-21)22-16-15-18-9-7-8-10-19(18)17-22;1-16-10-4-7-13-19(16)23(22,20-14-8-5-11-17(20)2)21-15-9-6-12-18(21)3;5*1-7-5-6-8-3-2-4-9(12)10(8)11-7;;;;;;/h1-19H;1-17H;4-15H,1-3H3;5*2-6,12H,1H3;;;;;;/q3*-1;;;;;;2*+1;3*+2;/p-5. The molecule has 0 amide bonds. The lowest BCUT2D eigenvalue weighted by Gasteiger charge is -2.37. The highest BCUT2D eigenvalue weighted by Gasteiger charge is 2.47. The summed E-state index contributed by atoms with van der Waals surface area (Å²) in [6.45, 7) is 16.5. The van der Waals surface area contributed by atoms with E-state index in [1.165, 1.54) is 95.7 Å². The van der Waals surface area contributed by atoms with Crippen LogP contribution in [-0.4, -0.2) is 129 Å². The van der Waals surface area contributed by atoms with Gasteiger partial charge in [-0.2, -0.15) is 0 Å². The van der Waals surface area contributed by atoms with E-state index in [0.717, 1.165) is 112 Å². The zero-order valence-corrected chi connectivity index (χ0v) is 88.2. The van der Waals surface area contributed by atoms with Crippen LogP contribution in [0.25, 0.3) is 86.8 Å². The van der Waals surface area contributed by atoms with Crippen molar-refractivity contribution in [3.8, 4) is 28.7 Å². The molecule has 14 nitrogen and oxygen atoms in total. The second-order valence-corrected chi connectivity index (χ2v) is 49.8. The molecule has 0 fully saturated rings. The Bertz CT molecular complexity index is 7890. The maximum Gasteiger partial charge on any atom is 0.763 e. The van der Waals surface area contributed by atoms with Crippen molar-refractivity contribution < 1.29 is 32.2 Å². The summed E-state index contributed by atoms with van der Waals surface area (Å²) in [4.78, 5) is 23.4. The molecule has 0 N–H and O–H groups in total. The summed E-state index contributed by atoms with van der Waals surface area (Å²) < 4.78 is 58.4. The number of hydrogen-bond donors (Lipinski definition) is 0. The summed E-state index contributed by atoms with van der Waals surface area (Å²) in [5, 5.41) is 23.5. The lowest BCUT2D eigenvalue weighted by Crippen LogP contribution is -2.71. The topological polar surface area (TPSA) is 148 Å². The van der Waals surface area contributed by atoms with Gasteiger partial charge >= 0.3 is 79.4 Å². The zero-order chi connectivity index (χ0) is 96.5. The molecule has 0 unspecified atom stereocenters. The van der Waals surface area contributed by atoms with E-state index in [9.17, 15) is 0 Å². The Balaban J connectivity index is 0.000000121. The summed E-state index contributed by atoms with van der Waals surface area (Å²) in [7, 11) is -8.87. The van der Waals surface area contributed by atoms with Crippen molar-refractivity contribution in [3.05, 3.63) is 488 Å². The molecule has 0 aliphatic rings. The van der Waals surface area contributed by atoms with Gasteiger partial charge in [0.15, 0.2) is 0 Å². The van der Waals surface area contributed by atoms with Crippen LogP contribution in [0.2, 0.25) is 0 Å². The van der Waals surface area contributed by atoms with Crippen molar-refractivity contribution in [1.29, 1.82) is 0 Å². The van der Waals surface area contributed by atoms with Crippen molar-refractivity contribution >= 4 is 238 Å². The molecule has 5 heterocycles. The van der Waals surface area contributed by atoms with Crippen molar-refractivity contribution in [2.24, 2.45) is 0 Å². The summed E-state index contributed by atoms with van der Waals surface area (Å²) in [5.74, 6) is 3.78. The molecular weight excluding hydrogens is 1860 g/mol. The second kappa shape index (κ2) is 45.1. The summed E-state index contributed by atoms with van der Waals surface area (Å²) in [5.41, 5.74) is 12.9. The fourth-order valence-electron chi connectivity index (χ4n) is 18.6. The first-order valence-electron chi connectivity index (χ1n) is 46.9. The highest BCUT2D eigenvalue weighted by atomic mass is 28.4. The van der Waals surface area contributed by atoms with Gasteiger partial charge < -0.3 is 32.2 Å². The summed E-state index contributed by atoms with van der Waals surface area (Å²) in [6, 6.07) is 154. The fourth-order valence-corrected chi connectivity index (χ4v) is 37.9. The van der Waals surface area contributed by atoms with Crippen LogP contribution in [0, 0.1) is 55.4 Å². The first kappa shape index (κ1) is 96.6. The highest BCUT2D eigenvalue weighted by molar-refractivity contribution is 7.11. The van der Waals surface area contributed by atoms with Gasteiger partial charge in [-0.25, -0.2) is 24.9 Å². The molecule has 0 spiro atoms. The van der Waals surface area contributed by atoms with E-state index in [1.54, 1.807) is 0 Å².